The standard InChI is InChI=1S/C15H23ClN4O3/c1-18-14(17)13(15(22)19-6-8-23-9-7-21)20-10-11-2-4-12(16)5-3-11/h2-5,18,20-21H,6-10,17H2,1H3,(H,19,22)/b14-13+. The van der Waals surface area contributed by atoms with E-state index in [1.165, 1.54) is 0 Å². The molecule has 1 amide bonds. The first-order valence-electron chi connectivity index (χ1n) is 7.21. The Morgan fingerprint density at radius 3 is 2.57 bits per heavy atom. The van der Waals surface area contributed by atoms with Crippen LogP contribution in [0.25, 0.3) is 0 Å². The van der Waals surface area contributed by atoms with E-state index in [0.717, 1.165) is 5.56 Å². The Balaban J connectivity index is 2.55. The molecule has 7 nitrogen and oxygen atoms in total. The molecular formula is C15H23ClN4O3. The van der Waals surface area contributed by atoms with Crippen molar-refractivity contribution in [3.8, 4) is 0 Å². The van der Waals surface area contributed by atoms with Crippen LogP contribution in [0.2, 0.25) is 5.02 Å². The highest BCUT2D eigenvalue weighted by molar-refractivity contribution is 6.30. The lowest BCUT2D eigenvalue weighted by atomic mass is 10.2. The molecule has 0 atom stereocenters. The molecular weight excluding hydrogens is 320 g/mol. The molecule has 0 aliphatic heterocycles. The zero-order valence-electron chi connectivity index (χ0n) is 13.1. The van der Waals surface area contributed by atoms with Gasteiger partial charge in [0.05, 0.1) is 19.8 Å². The average Bonchev–Trinajstić information content (AvgIpc) is 2.56. The van der Waals surface area contributed by atoms with Crippen molar-refractivity contribution in [3.05, 3.63) is 46.4 Å². The Bertz CT molecular complexity index is 520. The van der Waals surface area contributed by atoms with Crippen LogP contribution in [0.3, 0.4) is 0 Å². The number of ether oxygens (including phenoxy) is 1. The smallest absolute Gasteiger partial charge is 0.271 e. The second kappa shape index (κ2) is 10.7. The average molecular weight is 343 g/mol. The number of amides is 1. The van der Waals surface area contributed by atoms with E-state index in [4.69, 9.17) is 27.2 Å². The maximum Gasteiger partial charge on any atom is 0.271 e. The van der Waals surface area contributed by atoms with E-state index in [1.54, 1.807) is 19.2 Å². The molecule has 6 N–H and O–H groups in total. The number of hydrogen-bond donors (Lipinski definition) is 5. The molecule has 0 aliphatic carbocycles. The Hall–Kier alpha value is -1.96. The summed E-state index contributed by atoms with van der Waals surface area (Å²) in [6.07, 6.45) is 0. The first-order chi connectivity index (χ1) is 11.1. The molecule has 0 saturated carbocycles. The van der Waals surface area contributed by atoms with Crippen LogP contribution in [0.15, 0.2) is 35.8 Å². The molecule has 0 aromatic heterocycles. The lowest BCUT2D eigenvalue weighted by Crippen LogP contribution is -2.38. The zero-order chi connectivity index (χ0) is 17.1. The number of rotatable bonds is 10. The topological polar surface area (TPSA) is 109 Å². The summed E-state index contributed by atoms with van der Waals surface area (Å²) in [7, 11) is 1.64. The van der Waals surface area contributed by atoms with Crippen molar-refractivity contribution in [2.75, 3.05) is 33.4 Å². The van der Waals surface area contributed by atoms with Gasteiger partial charge in [0.15, 0.2) is 0 Å². The third-order valence-corrected chi connectivity index (χ3v) is 3.17. The van der Waals surface area contributed by atoms with Gasteiger partial charge in [0.2, 0.25) is 0 Å². The predicted molar refractivity (Wildman–Crippen MR) is 89.5 cm³/mol. The number of halogens is 1. The van der Waals surface area contributed by atoms with E-state index < -0.39 is 0 Å². The largest absolute Gasteiger partial charge is 0.394 e. The maximum absolute atomic E-state index is 12.2. The van der Waals surface area contributed by atoms with Crippen LogP contribution < -0.4 is 21.7 Å². The van der Waals surface area contributed by atoms with Gasteiger partial charge < -0.3 is 31.5 Å². The molecule has 0 fully saturated rings. The maximum atomic E-state index is 12.2. The van der Waals surface area contributed by atoms with E-state index in [9.17, 15) is 4.79 Å². The van der Waals surface area contributed by atoms with Crippen molar-refractivity contribution >= 4 is 17.5 Å². The Kier molecular flexibility index (Phi) is 8.89. The summed E-state index contributed by atoms with van der Waals surface area (Å²) in [5, 5.41) is 17.7. The number of benzene rings is 1. The summed E-state index contributed by atoms with van der Waals surface area (Å²) in [6, 6.07) is 7.29. The highest BCUT2D eigenvalue weighted by atomic mass is 35.5. The summed E-state index contributed by atoms with van der Waals surface area (Å²) < 4.78 is 5.08. The quantitative estimate of drug-likeness (QED) is 0.300. The number of nitrogens with two attached hydrogens (primary N) is 1. The third kappa shape index (κ3) is 7.23. The van der Waals surface area contributed by atoms with Crippen LogP contribution in [-0.2, 0) is 16.1 Å². The molecule has 23 heavy (non-hydrogen) atoms. The second-order valence-corrected chi connectivity index (χ2v) is 5.05. The van der Waals surface area contributed by atoms with E-state index in [2.05, 4.69) is 16.0 Å². The fraction of sp³-hybridized carbons (Fsp3) is 0.400. The van der Waals surface area contributed by atoms with Crippen molar-refractivity contribution < 1.29 is 14.6 Å². The SMILES string of the molecule is CN/C(N)=C(/NCc1ccc(Cl)cc1)C(=O)NCCOCCO. The minimum atomic E-state index is -0.335. The molecule has 0 heterocycles. The summed E-state index contributed by atoms with van der Waals surface area (Å²) in [6.45, 7) is 1.27. The van der Waals surface area contributed by atoms with Crippen molar-refractivity contribution in [2.45, 2.75) is 6.54 Å². The first-order valence-corrected chi connectivity index (χ1v) is 7.59. The van der Waals surface area contributed by atoms with Crippen LogP contribution in [0.5, 0.6) is 0 Å². The minimum absolute atomic E-state index is 0.0472. The van der Waals surface area contributed by atoms with E-state index in [1.807, 2.05) is 12.1 Å². The van der Waals surface area contributed by atoms with Crippen LogP contribution >= 0.6 is 11.6 Å². The van der Waals surface area contributed by atoms with Gasteiger partial charge in [-0.3, -0.25) is 4.79 Å². The fourth-order valence-corrected chi connectivity index (χ4v) is 1.83. The lowest BCUT2D eigenvalue weighted by Gasteiger charge is -2.14. The van der Waals surface area contributed by atoms with Gasteiger partial charge in [-0.2, -0.15) is 0 Å². The molecule has 1 rings (SSSR count). The van der Waals surface area contributed by atoms with Crippen molar-refractivity contribution in [1.29, 1.82) is 0 Å². The van der Waals surface area contributed by atoms with Gasteiger partial charge in [0.1, 0.15) is 11.5 Å². The number of carbonyl (C=O) groups excluding carboxylic acids is 1. The summed E-state index contributed by atoms with van der Waals surface area (Å²) in [5.74, 6) is -0.0915. The van der Waals surface area contributed by atoms with Gasteiger partial charge in [0.25, 0.3) is 5.91 Å². The van der Waals surface area contributed by atoms with Gasteiger partial charge in [0, 0.05) is 25.2 Å². The Labute approximate surface area is 140 Å². The van der Waals surface area contributed by atoms with E-state index in [-0.39, 0.29) is 30.6 Å². The first kappa shape index (κ1) is 19.1. The highest BCUT2D eigenvalue weighted by Gasteiger charge is 2.12. The van der Waals surface area contributed by atoms with Crippen molar-refractivity contribution in [1.82, 2.24) is 16.0 Å². The number of hydrogen-bond acceptors (Lipinski definition) is 6. The number of aliphatic hydroxyl groups is 1. The van der Waals surface area contributed by atoms with Crippen LogP contribution in [0.1, 0.15) is 5.56 Å². The monoisotopic (exact) mass is 342 g/mol. The van der Waals surface area contributed by atoms with Gasteiger partial charge in [-0.05, 0) is 17.7 Å². The molecule has 0 saturated heterocycles. The lowest BCUT2D eigenvalue weighted by molar-refractivity contribution is -0.118. The summed E-state index contributed by atoms with van der Waals surface area (Å²) in [4.78, 5) is 12.2. The molecule has 0 spiro atoms. The Morgan fingerprint density at radius 1 is 1.26 bits per heavy atom. The number of carbonyl (C=O) groups is 1. The molecule has 0 aliphatic rings. The van der Waals surface area contributed by atoms with E-state index >= 15 is 0 Å². The summed E-state index contributed by atoms with van der Waals surface area (Å²) in [5.41, 5.74) is 7.04. The molecule has 8 heteroatoms. The highest BCUT2D eigenvalue weighted by Crippen LogP contribution is 2.09. The van der Waals surface area contributed by atoms with Crippen molar-refractivity contribution in [3.63, 3.8) is 0 Å². The van der Waals surface area contributed by atoms with Gasteiger partial charge in [-0.1, -0.05) is 23.7 Å². The molecule has 1 aromatic carbocycles. The van der Waals surface area contributed by atoms with Crippen molar-refractivity contribution in [2.24, 2.45) is 5.73 Å². The molecule has 1 aromatic rings. The molecule has 0 unspecified atom stereocenters. The van der Waals surface area contributed by atoms with Gasteiger partial charge in [-0.15, -0.1) is 0 Å². The minimum Gasteiger partial charge on any atom is -0.394 e. The normalized spacial score (nSPS) is 11.6. The molecule has 0 bridgehead atoms. The zero-order valence-corrected chi connectivity index (χ0v) is 13.8. The van der Waals surface area contributed by atoms with Crippen LogP contribution in [0, 0.1) is 0 Å². The molecule has 128 valence electrons. The van der Waals surface area contributed by atoms with Crippen LogP contribution in [0.4, 0.5) is 0 Å². The third-order valence-electron chi connectivity index (χ3n) is 2.92. The number of aliphatic hydroxyl groups excluding tert-OH is 1. The fourth-order valence-electron chi connectivity index (χ4n) is 1.71. The van der Waals surface area contributed by atoms with Gasteiger partial charge in [-0.25, -0.2) is 0 Å². The predicted octanol–water partition coefficient (Wildman–Crippen LogP) is -0.0981. The Morgan fingerprint density at radius 2 is 1.96 bits per heavy atom. The van der Waals surface area contributed by atoms with Crippen LogP contribution in [-0.4, -0.2) is 44.4 Å². The van der Waals surface area contributed by atoms with Gasteiger partial charge >= 0.3 is 0 Å². The molecule has 0 radical (unpaired) electrons. The summed E-state index contributed by atoms with van der Waals surface area (Å²) >= 11 is 5.84. The number of nitrogens with one attached hydrogen (secondary N) is 3. The van der Waals surface area contributed by atoms with E-state index in [0.29, 0.717) is 24.7 Å². The second-order valence-electron chi connectivity index (χ2n) is 4.61.